The summed E-state index contributed by atoms with van der Waals surface area (Å²) < 4.78 is 0. The van der Waals surface area contributed by atoms with Crippen LogP contribution in [0.5, 0.6) is 0 Å². The molecule has 1 saturated heterocycles. The molecule has 1 fully saturated rings. The zero-order valence-corrected chi connectivity index (χ0v) is 18.9. The molecule has 2 aromatic rings. The first-order valence-electron chi connectivity index (χ1n) is 11.2. The Hall–Kier alpha value is -3.43. The van der Waals surface area contributed by atoms with Crippen molar-refractivity contribution < 1.29 is 9.59 Å². The number of anilines is 1. The van der Waals surface area contributed by atoms with E-state index in [-0.39, 0.29) is 31.1 Å². The molecule has 2 heterocycles. The highest BCUT2D eigenvalue weighted by Gasteiger charge is 2.22. The van der Waals surface area contributed by atoms with E-state index in [0.29, 0.717) is 5.82 Å². The molecule has 1 atom stereocenters. The summed E-state index contributed by atoms with van der Waals surface area (Å²) in [6, 6.07) is 9.34. The van der Waals surface area contributed by atoms with E-state index in [1.165, 1.54) is 0 Å². The minimum atomic E-state index is -0.152. The topological polar surface area (TPSA) is 120 Å². The van der Waals surface area contributed by atoms with Gasteiger partial charge in [-0.2, -0.15) is 0 Å². The van der Waals surface area contributed by atoms with Gasteiger partial charge in [0.1, 0.15) is 12.5 Å². The highest BCUT2D eigenvalue weighted by molar-refractivity contribution is 6.10. The van der Waals surface area contributed by atoms with Gasteiger partial charge in [0.15, 0.2) is 0 Å². The number of hydrogen-bond acceptors (Lipinski definition) is 7. The molecule has 1 aromatic carbocycles. The second-order valence-corrected chi connectivity index (χ2v) is 7.76. The molecule has 9 heteroatoms. The first-order chi connectivity index (χ1) is 16.1. The third kappa shape index (κ3) is 7.30. The van der Waals surface area contributed by atoms with Crippen molar-refractivity contribution in [3.63, 3.8) is 0 Å². The summed E-state index contributed by atoms with van der Waals surface area (Å²) >= 11 is 0. The maximum atomic E-state index is 12.3. The van der Waals surface area contributed by atoms with E-state index in [9.17, 15) is 9.59 Å². The molecule has 3 rings (SSSR count). The molecule has 174 valence electrons. The average Bonchev–Trinajstić information content (AvgIpc) is 3.36. The van der Waals surface area contributed by atoms with Gasteiger partial charge in [-0.3, -0.25) is 19.6 Å². The Balaban J connectivity index is 1.64. The number of aromatic nitrogens is 1. The SMILES string of the molecule is C=N/C=C(\C=N/CNC(=O)CNCCC)c1ccc2nc(NC(=O)[C@@H]3CCCN3)ccc2c1. The summed E-state index contributed by atoms with van der Waals surface area (Å²) in [6.07, 6.45) is 6.10. The number of amides is 2. The lowest BCUT2D eigenvalue weighted by atomic mass is 10.0. The average molecular weight is 450 g/mol. The number of rotatable bonds is 11. The van der Waals surface area contributed by atoms with E-state index >= 15 is 0 Å². The van der Waals surface area contributed by atoms with E-state index < -0.39 is 0 Å². The van der Waals surface area contributed by atoms with Crippen LogP contribution >= 0.6 is 0 Å². The predicted molar refractivity (Wildman–Crippen MR) is 134 cm³/mol. The number of pyridine rings is 1. The lowest BCUT2D eigenvalue weighted by molar-refractivity contribution is -0.120. The second-order valence-electron chi connectivity index (χ2n) is 7.76. The fraction of sp³-hybridized carbons (Fsp3) is 0.375. The molecule has 4 N–H and O–H groups in total. The largest absolute Gasteiger partial charge is 0.336 e. The Bertz CT molecular complexity index is 1040. The smallest absolute Gasteiger partial charge is 0.242 e. The summed E-state index contributed by atoms with van der Waals surface area (Å²) in [5, 5.41) is 12.8. The molecule has 2 amide bonds. The van der Waals surface area contributed by atoms with Gasteiger partial charge in [-0.1, -0.05) is 13.0 Å². The second kappa shape index (κ2) is 12.6. The molecule has 1 aromatic heterocycles. The minimum absolute atomic E-state index is 0.0531. The minimum Gasteiger partial charge on any atom is -0.336 e. The quantitative estimate of drug-likeness (QED) is 0.309. The number of nitrogens with zero attached hydrogens (tertiary/aromatic N) is 3. The van der Waals surface area contributed by atoms with Crippen molar-refractivity contribution in [1.82, 2.24) is 20.9 Å². The van der Waals surface area contributed by atoms with Gasteiger partial charge in [-0.15, -0.1) is 0 Å². The van der Waals surface area contributed by atoms with Crippen molar-refractivity contribution in [3.8, 4) is 0 Å². The third-order valence-corrected chi connectivity index (χ3v) is 5.19. The molecule has 0 radical (unpaired) electrons. The Kier molecular flexibility index (Phi) is 9.22. The van der Waals surface area contributed by atoms with Gasteiger partial charge in [-0.25, -0.2) is 4.98 Å². The van der Waals surface area contributed by atoms with Crippen LogP contribution < -0.4 is 21.3 Å². The normalized spacial score (nSPS) is 16.3. The zero-order chi connectivity index (χ0) is 23.5. The Labute approximate surface area is 193 Å². The van der Waals surface area contributed by atoms with Gasteiger partial charge in [0.2, 0.25) is 11.8 Å². The fourth-order valence-corrected chi connectivity index (χ4v) is 3.50. The van der Waals surface area contributed by atoms with Crippen LogP contribution in [0.1, 0.15) is 31.7 Å². The molecule has 1 aliphatic heterocycles. The molecule has 0 spiro atoms. The van der Waals surface area contributed by atoms with Crippen molar-refractivity contribution in [3.05, 3.63) is 42.1 Å². The number of allylic oxidation sites excluding steroid dienone is 1. The van der Waals surface area contributed by atoms with Gasteiger partial charge in [0, 0.05) is 23.4 Å². The van der Waals surface area contributed by atoms with Gasteiger partial charge in [0.05, 0.1) is 18.1 Å². The molecule has 0 saturated carbocycles. The molecule has 0 aliphatic carbocycles. The summed E-state index contributed by atoms with van der Waals surface area (Å²) in [7, 11) is 0. The number of benzene rings is 1. The fourth-order valence-electron chi connectivity index (χ4n) is 3.50. The van der Waals surface area contributed by atoms with Gasteiger partial charge < -0.3 is 21.3 Å². The molecule has 0 bridgehead atoms. The first-order valence-corrected chi connectivity index (χ1v) is 11.2. The highest BCUT2D eigenvalue weighted by atomic mass is 16.2. The van der Waals surface area contributed by atoms with E-state index in [2.05, 4.69) is 43.0 Å². The Morgan fingerprint density at radius 2 is 2.18 bits per heavy atom. The van der Waals surface area contributed by atoms with Gasteiger partial charge >= 0.3 is 0 Å². The van der Waals surface area contributed by atoms with Crippen LogP contribution in [-0.2, 0) is 9.59 Å². The summed E-state index contributed by atoms with van der Waals surface area (Å²) in [5.41, 5.74) is 2.42. The summed E-state index contributed by atoms with van der Waals surface area (Å²) in [4.78, 5) is 36.8. The van der Waals surface area contributed by atoms with Gasteiger partial charge in [0.25, 0.3) is 0 Å². The number of hydrogen-bond donors (Lipinski definition) is 4. The van der Waals surface area contributed by atoms with Gasteiger partial charge in [-0.05, 0) is 68.9 Å². The monoisotopic (exact) mass is 449 g/mol. The lowest BCUT2D eigenvalue weighted by Crippen LogP contribution is -2.35. The predicted octanol–water partition coefficient (Wildman–Crippen LogP) is 2.11. The van der Waals surface area contributed by atoms with Crippen molar-refractivity contribution in [2.45, 2.75) is 32.2 Å². The molecule has 0 unspecified atom stereocenters. The maximum Gasteiger partial charge on any atom is 0.242 e. The van der Waals surface area contributed by atoms with Crippen molar-refractivity contribution in [2.75, 3.05) is 31.6 Å². The number of aliphatic imine (C=N–C) groups is 2. The van der Waals surface area contributed by atoms with E-state index in [0.717, 1.165) is 54.4 Å². The lowest BCUT2D eigenvalue weighted by Gasteiger charge is -2.11. The van der Waals surface area contributed by atoms with Crippen LogP contribution in [0, 0.1) is 0 Å². The number of fused-ring (bicyclic) bond motifs is 1. The van der Waals surface area contributed by atoms with E-state index in [1.54, 1.807) is 18.5 Å². The zero-order valence-electron chi connectivity index (χ0n) is 18.9. The van der Waals surface area contributed by atoms with Crippen LogP contribution in [0.15, 0.2) is 46.5 Å². The summed E-state index contributed by atoms with van der Waals surface area (Å²) in [6.45, 7) is 7.70. The van der Waals surface area contributed by atoms with E-state index in [1.807, 2.05) is 31.2 Å². The standard InChI is InChI=1S/C24H31N7O2/c1-3-10-26-15-23(32)29-16-27-14-19(13-25-2)17-6-8-20-18(12-17)7-9-22(30-20)31-24(33)21-5-4-11-28-21/h6-9,12-14,21,26,28H,2-5,10-11,15-16H2,1H3,(H,29,32)(H,30,31,33)/b19-13+,27-14-/t21-/m0/s1. The molecule has 1 aliphatic rings. The third-order valence-electron chi connectivity index (χ3n) is 5.19. The Morgan fingerprint density at radius 3 is 2.94 bits per heavy atom. The van der Waals surface area contributed by atoms with Crippen LogP contribution in [0.2, 0.25) is 0 Å². The molecule has 9 nitrogen and oxygen atoms in total. The van der Waals surface area contributed by atoms with E-state index in [4.69, 9.17) is 0 Å². The number of carbonyl (C=O) groups excluding carboxylic acids is 2. The molecular formula is C24H31N7O2. The molecular weight excluding hydrogens is 418 g/mol. The van der Waals surface area contributed by atoms with Crippen molar-refractivity contribution in [2.24, 2.45) is 9.98 Å². The first kappa shape index (κ1) is 24.2. The number of nitrogens with one attached hydrogen (secondary N) is 4. The summed E-state index contributed by atoms with van der Waals surface area (Å²) in [5.74, 6) is 0.377. The number of carbonyl (C=O) groups is 2. The van der Waals surface area contributed by atoms with Crippen LogP contribution in [0.4, 0.5) is 5.82 Å². The van der Waals surface area contributed by atoms with Crippen LogP contribution in [-0.4, -0.2) is 62.1 Å². The van der Waals surface area contributed by atoms with Crippen molar-refractivity contribution in [1.29, 1.82) is 0 Å². The van der Waals surface area contributed by atoms with Crippen LogP contribution in [0.3, 0.4) is 0 Å². The highest BCUT2D eigenvalue weighted by Crippen LogP contribution is 2.21. The van der Waals surface area contributed by atoms with Crippen LogP contribution in [0.25, 0.3) is 16.5 Å². The maximum absolute atomic E-state index is 12.3. The Morgan fingerprint density at radius 1 is 1.30 bits per heavy atom. The van der Waals surface area contributed by atoms with Crippen molar-refractivity contribution >= 4 is 47.0 Å². The molecule has 33 heavy (non-hydrogen) atoms.